The largest absolute Gasteiger partial charge is 0.311 e. The minimum atomic E-state index is -0.186. The number of hydrogen-bond donors (Lipinski definition) is 2. The van der Waals surface area contributed by atoms with Gasteiger partial charge >= 0.3 is 0 Å². The van der Waals surface area contributed by atoms with Gasteiger partial charge in [0.05, 0.1) is 10.7 Å². The quantitative estimate of drug-likeness (QED) is 0.896. The van der Waals surface area contributed by atoms with E-state index < -0.39 is 0 Å². The molecule has 1 aliphatic rings. The van der Waals surface area contributed by atoms with Crippen LogP contribution < -0.4 is 10.6 Å². The molecule has 0 radical (unpaired) electrons. The molecule has 2 aromatic heterocycles. The number of carbonyl (C=O) groups excluding carboxylic acids is 1. The number of nitrogens with zero attached hydrogens (tertiary/aromatic N) is 1. The molecule has 0 fully saturated rings. The second-order valence-corrected chi connectivity index (χ2v) is 6.27. The maximum atomic E-state index is 12.0. The monoisotopic (exact) mass is 299 g/mol. The third-order valence-electron chi connectivity index (χ3n) is 2.65. The summed E-state index contributed by atoms with van der Waals surface area (Å²) in [7, 11) is 0. The highest BCUT2D eigenvalue weighted by atomic mass is 35.5. The number of halogens is 1. The van der Waals surface area contributed by atoms with Gasteiger partial charge < -0.3 is 5.32 Å². The molecule has 18 heavy (non-hydrogen) atoms. The molecule has 1 amide bonds. The first-order chi connectivity index (χ1) is 8.74. The van der Waals surface area contributed by atoms with E-state index in [0.717, 1.165) is 25.2 Å². The van der Waals surface area contributed by atoms with Crippen LogP contribution >= 0.6 is 34.3 Å². The lowest BCUT2D eigenvalue weighted by Gasteiger charge is -2.09. The van der Waals surface area contributed by atoms with E-state index in [2.05, 4.69) is 15.6 Å². The second kappa shape index (κ2) is 4.97. The zero-order valence-corrected chi connectivity index (χ0v) is 11.7. The number of thiazole rings is 1. The van der Waals surface area contributed by atoms with Crippen molar-refractivity contribution in [1.29, 1.82) is 0 Å². The van der Waals surface area contributed by atoms with Crippen LogP contribution in [-0.4, -0.2) is 17.4 Å². The van der Waals surface area contributed by atoms with Gasteiger partial charge in [-0.2, -0.15) is 0 Å². The van der Waals surface area contributed by atoms with Gasteiger partial charge in [-0.3, -0.25) is 10.1 Å². The van der Waals surface area contributed by atoms with Crippen LogP contribution in [0.15, 0.2) is 11.4 Å². The van der Waals surface area contributed by atoms with E-state index in [9.17, 15) is 4.79 Å². The predicted octanol–water partition coefficient (Wildman–Crippen LogP) is 2.76. The van der Waals surface area contributed by atoms with Crippen molar-refractivity contribution in [1.82, 2.24) is 10.3 Å². The third-order valence-corrected chi connectivity index (χ3v) is 5.00. The third kappa shape index (κ3) is 2.29. The Morgan fingerprint density at radius 3 is 3.17 bits per heavy atom. The molecule has 3 rings (SSSR count). The molecule has 0 bridgehead atoms. The number of anilines is 1. The Bertz CT molecular complexity index is 569. The zero-order valence-electron chi connectivity index (χ0n) is 9.33. The Balaban J connectivity index is 1.79. The normalized spacial score (nSPS) is 14.3. The van der Waals surface area contributed by atoms with E-state index in [0.29, 0.717) is 15.0 Å². The molecule has 0 atom stereocenters. The minimum absolute atomic E-state index is 0.186. The van der Waals surface area contributed by atoms with Crippen molar-refractivity contribution in [2.24, 2.45) is 0 Å². The van der Waals surface area contributed by atoms with Gasteiger partial charge in [-0.05, 0) is 11.4 Å². The van der Waals surface area contributed by atoms with Crippen molar-refractivity contribution in [3.63, 3.8) is 0 Å². The number of aromatic nitrogens is 1. The minimum Gasteiger partial charge on any atom is -0.311 e. The molecule has 0 aromatic carbocycles. The van der Waals surface area contributed by atoms with Crippen LogP contribution in [0.4, 0.5) is 5.13 Å². The van der Waals surface area contributed by atoms with E-state index in [1.54, 1.807) is 11.4 Å². The van der Waals surface area contributed by atoms with E-state index in [1.807, 2.05) is 0 Å². The highest BCUT2D eigenvalue weighted by Crippen LogP contribution is 2.27. The Kier molecular flexibility index (Phi) is 3.34. The average molecular weight is 300 g/mol. The Morgan fingerprint density at radius 2 is 2.44 bits per heavy atom. The summed E-state index contributed by atoms with van der Waals surface area (Å²) in [5.74, 6) is -0.186. The molecule has 94 valence electrons. The van der Waals surface area contributed by atoms with Crippen LogP contribution in [0.25, 0.3) is 0 Å². The predicted molar refractivity (Wildman–Crippen MR) is 74.8 cm³/mol. The zero-order chi connectivity index (χ0) is 12.5. The number of thiophene rings is 1. The van der Waals surface area contributed by atoms with Crippen molar-refractivity contribution in [3.05, 3.63) is 31.9 Å². The Morgan fingerprint density at radius 1 is 1.56 bits per heavy atom. The van der Waals surface area contributed by atoms with Crippen LogP contribution in [-0.2, 0) is 13.0 Å². The molecule has 2 N–H and O–H groups in total. The molecular weight excluding hydrogens is 290 g/mol. The van der Waals surface area contributed by atoms with Crippen molar-refractivity contribution < 1.29 is 4.79 Å². The SMILES string of the molecule is O=C(Nc1nc2c(s1)CNCC2)c1sccc1Cl. The molecule has 0 aliphatic carbocycles. The van der Waals surface area contributed by atoms with Crippen LogP contribution in [0, 0.1) is 0 Å². The van der Waals surface area contributed by atoms with E-state index >= 15 is 0 Å². The lowest BCUT2D eigenvalue weighted by molar-refractivity contribution is 0.103. The van der Waals surface area contributed by atoms with Crippen LogP contribution in [0.5, 0.6) is 0 Å². The van der Waals surface area contributed by atoms with E-state index in [4.69, 9.17) is 11.6 Å². The van der Waals surface area contributed by atoms with Crippen molar-refractivity contribution in [2.75, 3.05) is 11.9 Å². The van der Waals surface area contributed by atoms with Crippen LogP contribution in [0.1, 0.15) is 20.2 Å². The molecule has 0 saturated heterocycles. The lowest BCUT2D eigenvalue weighted by Crippen LogP contribution is -2.22. The summed E-state index contributed by atoms with van der Waals surface area (Å²) >= 11 is 8.78. The molecule has 2 aromatic rings. The number of nitrogens with one attached hydrogen (secondary N) is 2. The number of hydrogen-bond acceptors (Lipinski definition) is 5. The first-order valence-corrected chi connectivity index (χ1v) is 7.55. The van der Waals surface area contributed by atoms with Gasteiger partial charge in [0.15, 0.2) is 5.13 Å². The Labute approximate surface area is 117 Å². The van der Waals surface area contributed by atoms with Gasteiger partial charge in [-0.15, -0.1) is 22.7 Å². The van der Waals surface area contributed by atoms with Gasteiger partial charge in [0.25, 0.3) is 5.91 Å². The second-order valence-electron chi connectivity index (χ2n) is 3.87. The number of carbonyl (C=O) groups is 1. The molecule has 0 unspecified atom stereocenters. The summed E-state index contributed by atoms with van der Waals surface area (Å²) in [6.07, 6.45) is 0.918. The number of amides is 1. The van der Waals surface area contributed by atoms with Gasteiger partial charge in [-0.25, -0.2) is 4.98 Å². The molecule has 4 nitrogen and oxygen atoms in total. The fraction of sp³-hybridized carbons (Fsp3) is 0.273. The molecule has 0 spiro atoms. The van der Waals surface area contributed by atoms with E-state index in [1.165, 1.54) is 27.6 Å². The molecule has 7 heteroatoms. The summed E-state index contributed by atoms with van der Waals surface area (Å²) in [5, 5.41) is 9.03. The summed E-state index contributed by atoms with van der Waals surface area (Å²) < 4.78 is 0. The standard InChI is InChI=1S/C11H10ClN3OS2/c12-6-2-4-17-9(6)10(16)15-11-14-7-1-3-13-5-8(7)18-11/h2,4,13H,1,3,5H2,(H,14,15,16). The molecular formula is C11H10ClN3OS2. The van der Waals surface area contributed by atoms with Gasteiger partial charge in [0.1, 0.15) is 4.88 Å². The first-order valence-electron chi connectivity index (χ1n) is 5.47. The van der Waals surface area contributed by atoms with Crippen molar-refractivity contribution in [2.45, 2.75) is 13.0 Å². The fourth-order valence-electron chi connectivity index (χ4n) is 1.79. The van der Waals surface area contributed by atoms with Gasteiger partial charge in [0.2, 0.25) is 0 Å². The highest BCUT2D eigenvalue weighted by Gasteiger charge is 2.18. The maximum absolute atomic E-state index is 12.0. The summed E-state index contributed by atoms with van der Waals surface area (Å²) in [5.41, 5.74) is 1.09. The van der Waals surface area contributed by atoms with E-state index in [-0.39, 0.29) is 5.91 Å². The maximum Gasteiger partial charge on any atom is 0.269 e. The highest BCUT2D eigenvalue weighted by molar-refractivity contribution is 7.16. The number of rotatable bonds is 2. The smallest absolute Gasteiger partial charge is 0.269 e. The van der Waals surface area contributed by atoms with Crippen molar-refractivity contribution >= 4 is 45.3 Å². The van der Waals surface area contributed by atoms with Gasteiger partial charge in [-0.1, -0.05) is 11.6 Å². The van der Waals surface area contributed by atoms with Gasteiger partial charge in [0, 0.05) is 24.4 Å². The summed E-state index contributed by atoms with van der Waals surface area (Å²) in [4.78, 5) is 18.1. The number of fused-ring (bicyclic) bond motifs is 1. The van der Waals surface area contributed by atoms with Crippen molar-refractivity contribution in [3.8, 4) is 0 Å². The fourth-order valence-corrected chi connectivity index (χ4v) is 3.80. The Hall–Kier alpha value is -0.950. The lowest BCUT2D eigenvalue weighted by atomic mass is 10.2. The molecule has 1 aliphatic heterocycles. The van der Waals surface area contributed by atoms with Crippen LogP contribution in [0.3, 0.4) is 0 Å². The average Bonchev–Trinajstić information content (AvgIpc) is 2.94. The summed E-state index contributed by atoms with van der Waals surface area (Å²) in [6.45, 7) is 1.78. The van der Waals surface area contributed by atoms with Crippen LogP contribution in [0.2, 0.25) is 5.02 Å². The topological polar surface area (TPSA) is 54.0 Å². The first kappa shape index (κ1) is 12.1. The molecule has 3 heterocycles. The summed E-state index contributed by atoms with van der Waals surface area (Å²) in [6, 6.07) is 1.72. The molecule has 0 saturated carbocycles.